The Morgan fingerprint density at radius 3 is 2.64 bits per heavy atom. The summed E-state index contributed by atoms with van der Waals surface area (Å²) in [6.07, 6.45) is 9.78. The van der Waals surface area contributed by atoms with Gasteiger partial charge < -0.3 is 9.84 Å². The smallest absolute Gasteiger partial charge is 0.273 e. The fourth-order valence-electron chi connectivity index (χ4n) is 3.61. The molecule has 3 rings (SSSR count). The summed E-state index contributed by atoms with van der Waals surface area (Å²) in [4.78, 5) is 12.5. The van der Waals surface area contributed by atoms with Gasteiger partial charge in [-0.15, -0.1) is 0 Å². The van der Waals surface area contributed by atoms with E-state index in [9.17, 15) is 4.79 Å². The summed E-state index contributed by atoms with van der Waals surface area (Å²) in [6.45, 7) is 4.45. The third-order valence-corrected chi connectivity index (χ3v) is 5.00. The molecule has 0 bridgehead atoms. The average Bonchev–Trinajstić information content (AvgIpc) is 3.24. The van der Waals surface area contributed by atoms with Gasteiger partial charge in [0.1, 0.15) is 5.76 Å². The lowest BCUT2D eigenvalue weighted by atomic mass is 9.81. The molecule has 2 aliphatic rings. The summed E-state index contributed by atoms with van der Waals surface area (Å²) in [6, 6.07) is 2.11. The van der Waals surface area contributed by atoms with Gasteiger partial charge in [0, 0.05) is 18.0 Å². The second-order valence-electron chi connectivity index (χ2n) is 7.50. The van der Waals surface area contributed by atoms with Crippen LogP contribution in [0.15, 0.2) is 10.6 Å². The molecule has 0 aromatic carbocycles. The lowest BCUT2D eigenvalue weighted by Gasteiger charge is -2.31. The molecule has 1 atom stereocenters. The Hall–Kier alpha value is -1.32. The molecular formula is C18H28N2O2. The molecular weight excluding hydrogens is 276 g/mol. The lowest BCUT2D eigenvalue weighted by molar-refractivity contribution is 0.0894. The summed E-state index contributed by atoms with van der Waals surface area (Å²) in [5, 5.41) is 7.21. The molecule has 1 unspecified atom stereocenters. The molecule has 0 spiro atoms. The van der Waals surface area contributed by atoms with Gasteiger partial charge in [0.15, 0.2) is 5.69 Å². The first-order valence-corrected chi connectivity index (χ1v) is 8.91. The summed E-state index contributed by atoms with van der Waals surface area (Å²) >= 11 is 0. The molecule has 1 aromatic rings. The highest BCUT2D eigenvalue weighted by atomic mass is 16.5. The summed E-state index contributed by atoms with van der Waals surface area (Å²) in [5.74, 6) is 2.52. The number of nitrogens with zero attached hydrogens (tertiary/aromatic N) is 1. The molecule has 2 saturated carbocycles. The van der Waals surface area contributed by atoms with Crippen molar-refractivity contribution < 1.29 is 9.32 Å². The number of carbonyl (C=O) groups is 1. The maximum atomic E-state index is 12.5. The number of hydrogen-bond acceptors (Lipinski definition) is 3. The van der Waals surface area contributed by atoms with Crippen molar-refractivity contribution in [2.75, 3.05) is 0 Å². The van der Waals surface area contributed by atoms with E-state index in [2.05, 4.69) is 24.3 Å². The second kappa shape index (κ2) is 6.84. The van der Waals surface area contributed by atoms with Crippen LogP contribution in [0.4, 0.5) is 0 Å². The Morgan fingerprint density at radius 1 is 1.27 bits per heavy atom. The second-order valence-corrected chi connectivity index (χ2v) is 7.50. The van der Waals surface area contributed by atoms with E-state index in [0.717, 1.165) is 25.0 Å². The number of aromatic nitrogens is 1. The zero-order valence-corrected chi connectivity index (χ0v) is 13.8. The largest absolute Gasteiger partial charge is 0.360 e. The van der Waals surface area contributed by atoms with E-state index in [-0.39, 0.29) is 11.9 Å². The van der Waals surface area contributed by atoms with Gasteiger partial charge in [0.05, 0.1) is 0 Å². The monoisotopic (exact) mass is 304 g/mol. The van der Waals surface area contributed by atoms with Crippen molar-refractivity contribution in [1.29, 1.82) is 0 Å². The highest BCUT2D eigenvalue weighted by Gasteiger charge is 2.30. The van der Waals surface area contributed by atoms with Crippen molar-refractivity contribution in [3.63, 3.8) is 0 Å². The van der Waals surface area contributed by atoms with E-state index >= 15 is 0 Å². The summed E-state index contributed by atoms with van der Waals surface area (Å²) in [7, 11) is 0. The maximum absolute atomic E-state index is 12.5. The van der Waals surface area contributed by atoms with E-state index in [1.165, 1.54) is 32.1 Å². The molecule has 4 nitrogen and oxygen atoms in total. The Labute approximate surface area is 133 Å². The minimum absolute atomic E-state index is 0.0631. The van der Waals surface area contributed by atoms with Crippen LogP contribution in [0.5, 0.6) is 0 Å². The van der Waals surface area contributed by atoms with Gasteiger partial charge in [-0.25, -0.2) is 0 Å². The molecule has 4 heteroatoms. The molecule has 2 aliphatic carbocycles. The minimum Gasteiger partial charge on any atom is -0.360 e. The normalized spacial score (nSPS) is 21.0. The summed E-state index contributed by atoms with van der Waals surface area (Å²) < 4.78 is 5.31. The topological polar surface area (TPSA) is 55.1 Å². The van der Waals surface area contributed by atoms with Crippen molar-refractivity contribution in [2.24, 2.45) is 11.8 Å². The lowest BCUT2D eigenvalue weighted by Crippen LogP contribution is -2.42. The quantitative estimate of drug-likeness (QED) is 0.853. The zero-order chi connectivity index (χ0) is 15.5. The van der Waals surface area contributed by atoms with Gasteiger partial charge >= 0.3 is 0 Å². The van der Waals surface area contributed by atoms with E-state index in [1.807, 2.05) is 6.07 Å². The van der Waals surface area contributed by atoms with Gasteiger partial charge in [-0.2, -0.15) is 0 Å². The third-order valence-electron chi connectivity index (χ3n) is 5.00. The first-order valence-electron chi connectivity index (χ1n) is 8.91. The number of nitrogens with one attached hydrogen (secondary N) is 1. The van der Waals surface area contributed by atoms with Crippen LogP contribution in [0.25, 0.3) is 0 Å². The molecule has 1 N–H and O–H groups in total. The molecule has 122 valence electrons. The fourth-order valence-corrected chi connectivity index (χ4v) is 3.61. The highest BCUT2D eigenvalue weighted by Crippen LogP contribution is 2.40. The van der Waals surface area contributed by atoms with Crippen molar-refractivity contribution in [3.8, 4) is 0 Å². The number of carbonyl (C=O) groups excluding carboxylic acids is 1. The predicted molar refractivity (Wildman–Crippen MR) is 85.8 cm³/mol. The first-order chi connectivity index (χ1) is 10.6. The van der Waals surface area contributed by atoms with Crippen LogP contribution in [0.2, 0.25) is 0 Å². The van der Waals surface area contributed by atoms with Crippen LogP contribution < -0.4 is 5.32 Å². The van der Waals surface area contributed by atoms with Crippen molar-refractivity contribution in [2.45, 2.75) is 77.2 Å². The number of hydrogen-bond donors (Lipinski definition) is 1. The van der Waals surface area contributed by atoms with E-state index < -0.39 is 0 Å². The molecule has 1 aromatic heterocycles. The Balaban J connectivity index is 1.63. The van der Waals surface area contributed by atoms with E-state index in [4.69, 9.17) is 4.52 Å². The van der Waals surface area contributed by atoms with E-state index in [1.54, 1.807) is 0 Å². The number of rotatable bonds is 6. The van der Waals surface area contributed by atoms with Gasteiger partial charge in [-0.3, -0.25) is 4.79 Å². The van der Waals surface area contributed by atoms with Crippen LogP contribution in [-0.4, -0.2) is 17.1 Å². The molecule has 1 heterocycles. The first kappa shape index (κ1) is 15.6. The molecule has 0 aliphatic heterocycles. The van der Waals surface area contributed by atoms with Crippen molar-refractivity contribution >= 4 is 5.91 Å². The van der Waals surface area contributed by atoms with Crippen LogP contribution >= 0.6 is 0 Å². The fraction of sp³-hybridized carbons (Fsp3) is 0.778. The van der Waals surface area contributed by atoms with Gasteiger partial charge in [-0.05, 0) is 43.9 Å². The van der Waals surface area contributed by atoms with Gasteiger partial charge in [0.2, 0.25) is 0 Å². The Morgan fingerprint density at radius 2 is 2.00 bits per heavy atom. The highest BCUT2D eigenvalue weighted by molar-refractivity contribution is 5.92. The van der Waals surface area contributed by atoms with Crippen LogP contribution in [-0.2, 0) is 0 Å². The maximum Gasteiger partial charge on any atom is 0.273 e. The average molecular weight is 304 g/mol. The van der Waals surface area contributed by atoms with Crippen molar-refractivity contribution in [3.05, 3.63) is 17.5 Å². The number of amides is 1. The predicted octanol–water partition coefficient (Wildman–Crippen LogP) is 4.28. The molecule has 22 heavy (non-hydrogen) atoms. The zero-order valence-electron chi connectivity index (χ0n) is 13.8. The van der Waals surface area contributed by atoms with Gasteiger partial charge in [0.25, 0.3) is 5.91 Å². The summed E-state index contributed by atoms with van der Waals surface area (Å²) in [5.41, 5.74) is 0.450. The Kier molecular flexibility index (Phi) is 4.84. The molecule has 0 radical (unpaired) electrons. The molecule has 2 fully saturated rings. The van der Waals surface area contributed by atoms with Crippen molar-refractivity contribution in [1.82, 2.24) is 10.5 Å². The SMILES string of the molecule is CC(C)CC(NC(=O)c1cc(C2CC2)on1)C1CCCCC1. The van der Waals surface area contributed by atoms with Crippen LogP contribution in [0, 0.1) is 11.8 Å². The van der Waals surface area contributed by atoms with E-state index in [0.29, 0.717) is 23.4 Å². The molecule has 0 saturated heterocycles. The molecule has 1 amide bonds. The Bertz CT molecular complexity index is 499. The standard InChI is InChI=1S/C18H28N2O2/c1-12(2)10-15(13-6-4-3-5-7-13)19-18(21)16-11-17(22-20-16)14-8-9-14/h11-15H,3-10H2,1-2H3,(H,19,21). The van der Waals surface area contributed by atoms with Crippen LogP contribution in [0.3, 0.4) is 0 Å². The third kappa shape index (κ3) is 3.90. The minimum atomic E-state index is -0.0631. The van der Waals surface area contributed by atoms with Gasteiger partial charge in [-0.1, -0.05) is 38.3 Å². The van der Waals surface area contributed by atoms with Crippen LogP contribution in [0.1, 0.15) is 87.4 Å².